The molecule has 0 bridgehead atoms. The summed E-state index contributed by atoms with van der Waals surface area (Å²) >= 11 is 0. The average molecular weight is 277 g/mol. The molecule has 0 amide bonds. The van der Waals surface area contributed by atoms with Gasteiger partial charge in [0.1, 0.15) is 5.82 Å². The van der Waals surface area contributed by atoms with Crippen molar-refractivity contribution in [2.24, 2.45) is 7.05 Å². The SMILES string of the molecule is CN(CC(=O)O)C(c1cccc(F)c1)c1cnn(C)c1. The smallest absolute Gasteiger partial charge is 0.317 e. The van der Waals surface area contributed by atoms with E-state index in [1.807, 2.05) is 0 Å². The van der Waals surface area contributed by atoms with Crippen molar-refractivity contribution in [2.75, 3.05) is 13.6 Å². The highest BCUT2D eigenvalue weighted by Gasteiger charge is 2.22. The predicted octanol–water partition coefficient (Wildman–Crippen LogP) is 1.67. The third-order valence-electron chi connectivity index (χ3n) is 3.03. The summed E-state index contributed by atoms with van der Waals surface area (Å²) in [5, 5.41) is 13.0. The quantitative estimate of drug-likeness (QED) is 0.903. The Morgan fingerprint density at radius 2 is 2.25 bits per heavy atom. The maximum Gasteiger partial charge on any atom is 0.317 e. The summed E-state index contributed by atoms with van der Waals surface area (Å²) in [6.07, 6.45) is 3.46. The minimum Gasteiger partial charge on any atom is -0.480 e. The Morgan fingerprint density at radius 3 is 2.80 bits per heavy atom. The van der Waals surface area contributed by atoms with Crippen LogP contribution in [0.5, 0.6) is 0 Å². The molecule has 0 saturated carbocycles. The topological polar surface area (TPSA) is 58.4 Å². The summed E-state index contributed by atoms with van der Waals surface area (Å²) < 4.78 is 15.1. The standard InChI is InChI=1S/C14H16FN3O2/c1-17(9-13(19)20)14(11-7-16-18(2)8-11)10-4-3-5-12(15)6-10/h3-8,14H,9H2,1-2H3,(H,19,20). The van der Waals surface area contributed by atoms with Crippen molar-refractivity contribution in [1.82, 2.24) is 14.7 Å². The van der Waals surface area contributed by atoms with Crippen LogP contribution in [0.4, 0.5) is 4.39 Å². The van der Waals surface area contributed by atoms with Crippen molar-refractivity contribution >= 4 is 5.97 Å². The zero-order valence-electron chi connectivity index (χ0n) is 11.3. The first-order valence-electron chi connectivity index (χ1n) is 6.13. The number of hydrogen-bond acceptors (Lipinski definition) is 3. The van der Waals surface area contributed by atoms with E-state index in [1.165, 1.54) is 12.1 Å². The van der Waals surface area contributed by atoms with E-state index < -0.39 is 5.97 Å². The number of carboxylic acid groups (broad SMARTS) is 1. The summed E-state index contributed by atoms with van der Waals surface area (Å²) in [4.78, 5) is 12.6. The van der Waals surface area contributed by atoms with Gasteiger partial charge in [-0.15, -0.1) is 0 Å². The van der Waals surface area contributed by atoms with E-state index in [0.717, 1.165) is 5.56 Å². The van der Waals surface area contributed by atoms with Gasteiger partial charge in [-0.1, -0.05) is 12.1 Å². The van der Waals surface area contributed by atoms with Gasteiger partial charge in [-0.25, -0.2) is 4.39 Å². The molecule has 1 aromatic heterocycles. The van der Waals surface area contributed by atoms with Crippen LogP contribution >= 0.6 is 0 Å². The van der Waals surface area contributed by atoms with Crippen LogP contribution in [0.15, 0.2) is 36.7 Å². The number of hydrogen-bond donors (Lipinski definition) is 1. The van der Waals surface area contributed by atoms with Gasteiger partial charge in [-0.3, -0.25) is 14.4 Å². The number of nitrogens with zero attached hydrogens (tertiary/aromatic N) is 3. The van der Waals surface area contributed by atoms with Crippen LogP contribution in [-0.4, -0.2) is 39.3 Å². The molecule has 0 fully saturated rings. The normalized spacial score (nSPS) is 12.6. The lowest BCUT2D eigenvalue weighted by Gasteiger charge is -2.26. The number of rotatable bonds is 5. The van der Waals surface area contributed by atoms with Crippen molar-refractivity contribution < 1.29 is 14.3 Å². The number of aromatic nitrogens is 2. The van der Waals surface area contributed by atoms with E-state index in [0.29, 0.717) is 5.56 Å². The largest absolute Gasteiger partial charge is 0.480 e. The molecule has 1 heterocycles. The number of likely N-dealkylation sites (N-methyl/N-ethyl adjacent to an activating group) is 1. The predicted molar refractivity (Wildman–Crippen MR) is 71.7 cm³/mol. The van der Waals surface area contributed by atoms with Crippen molar-refractivity contribution in [2.45, 2.75) is 6.04 Å². The molecule has 5 nitrogen and oxygen atoms in total. The molecule has 1 N–H and O–H groups in total. The maximum atomic E-state index is 13.4. The number of aryl methyl sites for hydroxylation is 1. The van der Waals surface area contributed by atoms with E-state index in [1.54, 1.807) is 48.2 Å². The maximum absolute atomic E-state index is 13.4. The van der Waals surface area contributed by atoms with E-state index in [4.69, 9.17) is 5.11 Å². The Balaban J connectivity index is 2.41. The lowest BCUT2D eigenvalue weighted by atomic mass is 10.00. The number of halogens is 1. The summed E-state index contributed by atoms with van der Waals surface area (Å²) in [5.41, 5.74) is 1.52. The number of benzene rings is 1. The van der Waals surface area contributed by atoms with Gasteiger partial charge < -0.3 is 5.11 Å². The van der Waals surface area contributed by atoms with Gasteiger partial charge in [0, 0.05) is 18.8 Å². The van der Waals surface area contributed by atoms with E-state index in [-0.39, 0.29) is 18.4 Å². The molecule has 0 saturated heterocycles. The van der Waals surface area contributed by atoms with E-state index >= 15 is 0 Å². The first-order valence-corrected chi connectivity index (χ1v) is 6.13. The molecular weight excluding hydrogens is 261 g/mol. The molecule has 2 rings (SSSR count). The fourth-order valence-corrected chi connectivity index (χ4v) is 2.26. The summed E-state index contributed by atoms with van der Waals surface area (Å²) in [6, 6.07) is 5.81. The molecule has 2 aromatic rings. The molecule has 1 atom stereocenters. The first-order chi connectivity index (χ1) is 9.47. The second kappa shape index (κ2) is 5.83. The third-order valence-corrected chi connectivity index (χ3v) is 3.03. The number of carbonyl (C=O) groups is 1. The number of aliphatic carboxylic acids is 1. The highest BCUT2D eigenvalue weighted by Crippen LogP contribution is 2.27. The second-order valence-electron chi connectivity index (χ2n) is 4.71. The molecule has 0 spiro atoms. The Morgan fingerprint density at radius 1 is 1.50 bits per heavy atom. The molecule has 0 aliphatic rings. The van der Waals surface area contributed by atoms with Crippen LogP contribution in [0, 0.1) is 5.82 Å². The Hall–Kier alpha value is -2.21. The molecule has 1 unspecified atom stereocenters. The monoisotopic (exact) mass is 277 g/mol. The van der Waals surface area contributed by atoms with Gasteiger partial charge in [0.25, 0.3) is 0 Å². The van der Waals surface area contributed by atoms with Gasteiger partial charge in [-0.05, 0) is 24.7 Å². The van der Waals surface area contributed by atoms with Gasteiger partial charge in [-0.2, -0.15) is 5.10 Å². The minimum absolute atomic E-state index is 0.143. The summed E-state index contributed by atoms with van der Waals surface area (Å²) in [7, 11) is 3.47. The summed E-state index contributed by atoms with van der Waals surface area (Å²) in [5.74, 6) is -1.28. The molecule has 106 valence electrons. The van der Waals surface area contributed by atoms with Crippen LogP contribution < -0.4 is 0 Å². The Labute approximate surface area is 116 Å². The second-order valence-corrected chi connectivity index (χ2v) is 4.71. The zero-order valence-corrected chi connectivity index (χ0v) is 11.3. The molecular formula is C14H16FN3O2. The molecule has 0 aliphatic heterocycles. The van der Waals surface area contributed by atoms with Crippen molar-refractivity contribution in [1.29, 1.82) is 0 Å². The van der Waals surface area contributed by atoms with Crippen LogP contribution in [0.1, 0.15) is 17.2 Å². The fraction of sp³-hybridized carbons (Fsp3) is 0.286. The minimum atomic E-state index is -0.933. The first kappa shape index (κ1) is 14.2. The van der Waals surface area contributed by atoms with Crippen LogP contribution in [0.3, 0.4) is 0 Å². The van der Waals surface area contributed by atoms with Crippen LogP contribution in [-0.2, 0) is 11.8 Å². The molecule has 1 aromatic carbocycles. The molecule has 20 heavy (non-hydrogen) atoms. The van der Waals surface area contributed by atoms with Gasteiger partial charge in [0.05, 0.1) is 18.8 Å². The van der Waals surface area contributed by atoms with Crippen molar-refractivity contribution in [3.8, 4) is 0 Å². The average Bonchev–Trinajstić information content (AvgIpc) is 2.75. The van der Waals surface area contributed by atoms with Crippen LogP contribution in [0.25, 0.3) is 0 Å². The molecule has 6 heteroatoms. The highest BCUT2D eigenvalue weighted by molar-refractivity contribution is 5.69. The molecule has 0 aliphatic carbocycles. The molecule has 0 radical (unpaired) electrons. The third kappa shape index (κ3) is 3.21. The van der Waals surface area contributed by atoms with Crippen LogP contribution in [0.2, 0.25) is 0 Å². The summed E-state index contributed by atoms with van der Waals surface area (Å²) in [6.45, 7) is -0.143. The number of carboxylic acids is 1. The van der Waals surface area contributed by atoms with Gasteiger partial charge in [0.15, 0.2) is 0 Å². The lowest BCUT2D eigenvalue weighted by molar-refractivity contribution is -0.138. The van der Waals surface area contributed by atoms with Crippen molar-refractivity contribution in [3.05, 3.63) is 53.6 Å². The lowest BCUT2D eigenvalue weighted by Crippen LogP contribution is -2.30. The Kier molecular flexibility index (Phi) is 4.14. The van der Waals surface area contributed by atoms with Gasteiger partial charge in [0.2, 0.25) is 0 Å². The zero-order chi connectivity index (χ0) is 14.7. The van der Waals surface area contributed by atoms with Crippen molar-refractivity contribution in [3.63, 3.8) is 0 Å². The van der Waals surface area contributed by atoms with E-state index in [9.17, 15) is 9.18 Å². The van der Waals surface area contributed by atoms with Gasteiger partial charge >= 0.3 is 5.97 Å². The fourth-order valence-electron chi connectivity index (χ4n) is 2.26. The van der Waals surface area contributed by atoms with E-state index in [2.05, 4.69) is 5.10 Å². The Bertz CT molecular complexity index is 612. The highest BCUT2D eigenvalue weighted by atomic mass is 19.1.